The molecule has 1 aromatic rings. The van der Waals surface area contributed by atoms with Crippen LogP contribution in [0.3, 0.4) is 0 Å². The summed E-state index contributed by atoms with van der Waals surface area (Å²) in [5.74, 6) is 0.894. The van der Waals surface area contributed by atoms with Crippen LogP contribution in [0.1, 0.15) is 30.5 Å². The fourth-order valence-electron chi connectivity index (χ4n) is 2.52. The molecule has 1 heterocycles. The molecule has 0 spiro atoms. The molecule has 0 saturated heterocycles. The number of anilines is 1. The molecule has 0 radical (unpaired) electrons. The van der Waals surface area contributed by atoms with E-state index in [1.807, 2.05) is 4.90 Å². The fraction of sp³-hybridized carbons (Fsp3) is 0.692. The second kappa shape index (κ2) is 6.66. The predicted molar refractivity (Wildman–Crippen MR) is 69.7 cm³/mol. The van der Waals surface area contributed by atoms with Gasteiger partial charge >= 0.3 is 0 Å². The molecule has 0 amide bonds. The first-order chi connectivity index (χ1) is 8.86. The van der Waals surface area contributed by atoms with Crippen molar-refractivity contribution in [1.82, 2.24) is 9.97 Å². The van der Waals surface area contributed by atoms with Gasteiger partial charge in [0.2, 0.25) is 0 Å². The summed E-state index contributed by atoms with van der Waals surface area (Å²) in [5, 5.41) is 18.2. The summed E-state index contributed by atoms with van der Waals surface area (Å²) >= 11 is 0. The number of aliphatic hydroxyl groups is 2. The molecule has 0 aromatic carbocycles. The van der Waals surface area contributed by atoms with Crippen LogP contribution in [-0.4, -0.2) is 46.5 Å². The zero-order valence-electron chi connectivity index (χ0n) is 10.7. The number of rotatable bonds is 5. The van der Waals surface area contributed by atoms with E-state index >= 15 is 0 Å². The van der Waals surface area contributed by atoms with Crippen molar-refractivity contribution in [2.75, 3.05) is 31.2 Å². The summed E-state index contributed by atoms with van der Waals surface area (Å²) in [6.07, 6.45) is 7.19. The third kappa shape index (κ3) is 2.97. The molecule has 2 rings (SSSR count). The number of nitrogens with zero attached hydrogens (tertiary/aromatic N) is 3. The highest BCUT2D eigenvalue weighted by molar-refractivity contribution is 5.49. The summed E-state index contributed by atoms with van der Waals surface area (Å²) in [5.41, 5.74) is 2.34. The number of aliphatic hydroxyl groups excluding tert-OH is 2. The summed E-state index contributed by atoms with van der Waals surface area (Å²) in [6, 6.07) is 0. The summed E-state index contributed by atoms with van der Waals surface area (Å²) in [7, 11) is 0. The zero-order valence-corrected chi connectivity index (χ0v) is 10.7. The van der Waals surface area contributed by atoms with Gasteiger partial charge in [-0.1, -0.05) is 6.42 Å². The average Bonchev–Trinajstić information content (AvgIpc) is 2.63. The molecule has 0 atom stereocenters. The minimum atomic E-state index is 0.0682. The van der Waals surface area contributed by atoms with E-state index in [2.05, 4.69) is 9.97 Å². The van der Waals surface area contributed by atoms with Gasteiger partial charge in [-0.3, -0.25) is 0 Å². The van der Waals surface area contributed by atoms with Crippen molar-refractivity contribution in [3.63, 3.8) is 0 Å². The van der Waals surface area contributed by atoms with Crippen molar-refractivity contribution in [3.05, 3.63) is 17.6 Å². The van der Waals surface area contributed by atoms with Crippen LogP contribution in [0.25, 0.3) is 0 Å². The second-order valence-electron chi connectivity index (χ2n) is 4.62. The molecule has 0 unspecified atom stereocenters. The van der Waals surface area contributed by atoms with Crippen LogP contribution < -0.4 is 4.90 Å². The van der Waals surface area contributed by atoms with Crippen LogP contribution in [-0.2, 0) is 12.8 Å². The normalized spacial score (nSPS) is 15.0. The molecule has 0 fully saturated rings. The van der Waals surface area contributed by atoms with Crippen LogP contribution >= 0.6 is 0 Å². The lowest BCUT2D eigenvalue weighted by Gasteiger charge is -2.24. The first kappa shape index (κ1) is 13.2. The Morgan fingerprint density at radius 3 is 2.44 bits per heavy atom. The van der Waals surface area contributed by atoms with Crippen molar-refractivity contribution < 1.29 is 10.2 Å². The molecule has 5 heteroatoms. The molecular formula is C13H21N3O2. The van der Waals surface area contributed by atoms with Gasteiger partial charge in [0, 0.05) is 24.3 Å². The van der Waals surface area contributed by atoms with Crippen molar-refractivity contribution >= 4 is 5.82 Å². The van der Waals surface area contributed by atoms with Crippen molar-refractivity contribution in [1.29, 1.82) is 0 Å². The maximum absolute atomic E-state index is 9.12. The predicted octanol–water partition coefficient (Wildman–Crippen LogP) is 0.536. The highest BCUT2D eigenvalue weighted by atomic mass is 16.3. The van der Waals surface area contributed by atoms with Crippen LogP contribution in [0.15, 0.2) is 6.33 Å². The fourth-order valence-corrected chi connectivity index (χ4v) is 2.52. The van der Waals surface area contributed by atoms with E-state index in [9.17, 15) is 0 Å². The Balaban J connectivity index is 2.30. The summed E-state index contributed by atoms with van der Waals surface area (Å²) in [6.45, 7) is 1.14. The van der Waals surface area contributed by atoms with Gasteiger partial charge in [0.25, 0.3) is 0 Å². The molecule has 100 valence electrons. The number of hydrogen-bond donors (Lipinski definition) is 2. The van der Waals surface area contributed by atoms with Gasteiger partial charge in [-0.25, -0.2) is 9.97 Å². The van der Waals surface area contributed by atoms with Crippen molar-refractivity contribution in [3.8, 4) is 0 Å². The van der Waals surface area contributed by atoms with Crippen molar-refractivity contribution in [2.24, 2.45) is 0 Å². The minimum absolute atomic E-state index is 0.0682. The highest BCUT2D eigenvalue weighted by Crippen LogP contribution is 2.26. The van der Waals surface area contributed by atoms with Crippen LogP contribution in [0.2, 0.25) is 0 Å². The van der Waals surface area contributed by atoms with Gasteiger partial charge in [0.15, 0.2) is 0 Å². The van der Waals surface area contributed by atoms with Gasteiger partial charge < -0.3 is 15.1 Å². The summed E-state index contributed by atoms with van der Waals surface area (Å²) in [4.78, 5) is 10.7. The molecule has 2 N–H and O–H groups in total. The minimum Gasteiger partial charge on any atom is -0.395 e. The standard InChI is InChI=1S/C13H21N3O2/c17-8-6-16(7-9-18)13-11-4-2-1-3-5-12(11)14-10-15-13/h10,17-18H,1-9H2. The van der Waals surface area contributed by atoms with E-state index in [1.165, 1.54) is 24.8 Å². The Morgan fingerprint density at radius 2 is 1.72 bits per heavy atom. The molecule has 1 aliphatic carbocycles. The SMILES string of the molecule is OCCN(CCO)c1ncnc2c1CCCCC2. The molecule has 18 heavy (non-hydrogen) atoms. The van der Waals surface area contributed by atoms with Gasteiger partial charge in [-0.2, -0.15) is 0 Å². The largest absolute Gasteiger partial charge is 0.395 e. The van der Waals surface area contributed by atoms with E-state index in [1.54, 1.807) is 6.33 Å². The van der Waals surface area contributed by atoms with E-state index in [-0.39, 0.29) is 13.2 Å². The van der Waals surface area contributed by atoms with Crippen LogP contribution in [0.5, 0.6) is 0 Å². The number of aromatic nitrogens is 2. The van der Waals surface area contributed by atoms with Gasteiger partial charge in [-0.15, -0.1) is 0 Å². The molecule has 0 saturated carbocycles. The second-order valence-corrected chi connectivity index (χ2v) is 4.62. The Labute approximate surface area is 107 Å². The highest BCUT2D eigenvalue weighted by Gasteiger charge is 2.18. The smallest absolute Gasteiger partial charge is 0.135 e. The van der Waals surface area contributed by atoms with Crippen molar-refractivity contribution in [2.45, 2.75) is 32.1 Å². The Morgan fingerprint density at radius 1 is 1.00 bits per heavy atom. The molecule has 1 aliphatic rings. The third-order valence-electron chi connectivity index (χ3n) is 3.39. The Hall–Kier alpha value is -1.20. The topological polar surface area (TPSA) is 69.5 Å². The van der Waals surface area contributed by atoms with Gasteiger partial charge in [0.1, 0.15) is 12.1 Å². The molecule has 5 nitrogen and oxygen atoms in total. The van der Waals surface area contributed by atoms with Gasteiger partial charge in [-0.05, 0) is 25.7 Å². The van der Waals surface area contributed by atoms with Crippen LogP contribution in [0, 0.1) is 0 Å². The van der Waals surface area contributed by atoms with E-state index in [4.69, 9.17) is 10.2 Å². The average molecular weight is 251 g/mol. The molecule has 0 aliphatic heterocycles. The van der Waals surface area contributed by atoms with E-state index in [0.29, 0.717) is 13.1 Å². The maximum atomic E-state index is 9.12. The first-order valence-electron chi connectivity index (χ1n) is 6.66. The maximum Gasteiger partial charge on any atom is 0.135 e. The Kier molecular flexibility index (Phi) is 4.90. The lowest BCUT2D eigenvalue weighted by molar-refractivity contribution is 0.280. The third-order valence-corrected chi connectivity index (χ3v) is 3.39. The van der Waals surface area contributed by atoms with E-state index < -0.39 is 0 Å². The number of aryl methyl sites for hydroxylation is 1. The van der Waals surface area contributed by atoms with Crippen LogP contribution in [0.4, 0.5) is 5.82 Å². The lowest BCUT2D eigenvalue weighted by atomic mass is 10.1. The monoisotopic (exact) mass is 251 g/mol. The molecule has 1 aromatic heterocycles. The lowest BCUT2D eigenvalue weighted by Crippen LogP contribution is -2.31. The zero-order chi connectivity index (χ0) is 12.8. The quantitative estimate of drug-likeness (QED) is 0.747. The Bertz CT molecular complexity index is 378. The van der Waals surface area contributed by atoms with Gasteiger partial charge in [0.05, 0.1) is 13.2 Å². The number of fused-ring (bicyclic) bond motifs is 1. The van der Waals surface area contributed by atoms with E-state index in [0.717, 1.165) is 24.4 Å². The number of hydrogen-bond acceptors (Lipinski definition) is 5. The first-order valence-corrected chi connectivity index (χ1v) is 6.66. The summed E-state index contributed by atoms with van der Waals surface area (Å²) < 4.78 is 0. The molecular weight excluding hydrogens is 230 g/mol. The molecule has 0 bridgehead atoms.